The Kier molecular flexibility index (Phi) is 7.39. The van der Waals surface area contributed by atoms with Crippen molar-refractivity contribution in [3.63, 3.8) is 0 Å². The second-order valence-corrected chi connectivity index (χ2v) is 5.00. The molecular formula is C16H25N3O3. The number of hydrogen-bond acceptors (Lipinski definition) is 4. The summed E-state index contributed by atoms with van der Waals surface area (Å²) in [4.78, 5) is 23.7. The van der Waals surface area contributed by atoms with Crippen LogP contribution in [0.5, 0.6) is 5.75 Å². The molecular weight excluding hydrogens is 282 g/mol. The number of methoxy groups -OCH3 is 1. The Balaban J connectivity index is 2.85. The zero-order valence-electron chi connectivity index (χ0n) is 13.4. The minimum atomic E-state index is -0.154. The molecule has 1 aromatic rings. The number of carbonyl (C=O) groups excluding carboxylic acids is 2. The summed E-state index contributed by atoms with van der Waals surface area (Å²) < 4.78 is 5.28. The lowest BCUT2D eigenvalue weighted by molar-refractivity contribution is -0.120. The fourth-order valence-corrected chi connectivity index (χ4v) is 2.12. The molecule has 0 saturated carbocycles. The van der Waals surface area contributed by atoms with Crippen LogP contribution in [0.3, 0.4) is 0 Å². The highest BCUT2D eigenvalue weighted by molar-refractivity contribution is 5.95. The van der Waals surface area contributed by atoms with Crippen molar-refractivity contribution in [1.82, 2.24) is 0 Å². The smallest absolute Gasteiger partial charge is 0.227 e. The second kappa shape index (κ2) is 9.04. The monoisotopic (exact) mass is 307 g/mol. The number of nitrogens with one attached hydrogen (secondary N) is 2. The lowest BCUT2D eigenvalue weighted by Gasteiger charge is -2.16. The molecule has 0 fully saturated rings. The minimum Gasteiger partial charge on any atom is -0.494 e. The van der Waals surface area contributed by atoms with Gasteiger partial charge < -0.3 is 21.1 Å². The Morgan fingerprint density at radius 3 is 2.45 bits per heavy atom. The molecule has 0 spiro atoms. The molecule has 0 aliphatic heterocycles. The summed E-state index contributed by atoms with van der Waals surface area (Å²) in [6.45, 7) is 4.27. The van der Waals surface area contributed by atoms with Gasteiger partial charge in [-0.05, 0) is 25.0 Å². The highest BCUT2D eigenvalue weighted by atomic mass is 16.5. The van der Waals surface area contributed by atoms with E-state index >= 15 is 0 Å². The van der Waals surface area contributed by atoms with Crippen LogP contribution >= 0.6 is 0 Å². The third kappa shape index (κ3) is 5.04. The third-order valence-corrected chi connectivity index (χ3v) is 3.47. The van der Waals surface area contributed by atoms with E-state index in [9.17, 15) is 9.59 Å². The summed E-state index contributed by atoms with van der Waals surface area (Å²) in [5.41, 5.74) is 6.54. The molecule has 0 saturated heterocycles. The third-order valence-electron chi connectivity index (χ3n) is 3.47. The lowest BCUT2D eigenvalue weighted by Crippen LogP contribution is -2.22. The van der Waals surface area contributed by atoms with Gasteiger partial charge in [-0.1, -0.05) is 13.8 Å². The standard InChI is InChI=1S/C16H25N3O3/c1-4-11(5-2)16(21)19-13-7-6-12(10-14(13)22-3)18-15(20)8-9-17/h6-7,10-11H,4-5,8-9,17H2,1-3H3,(H,18,20)(H,19,21). The van der Waals surface area contributed by atoms with E-state index in [0.29, 0.717) is 23.7 Å². The molecule has 1 aromatic carbocycles. The van der Waals surface area contributed by atoms with Crippen LogP contribution in [0.1, 0.15) is 33.1 Å². The molecule has 0 radical (unpaired) electrons. The van der Waals surface area contributed by atoms with Crippen molar-refractivity contribution in [3.05, 3.63) is 18.2 Å². The van der Waals surface area contributed by atoms with Crippen LogP contribution in [-0.2, 0) is 9.59 Å². The molecule has 0 atom stereocenters. The van der Waals surface area contributed by atoms with Crippen LogP contribution in [0.15, 0.2) is 18.2 Å². The van der Waals surface area contributed by atoms with Crippen LogP contribution in [-0.4, -0.2) is 25.5 Å². The lowest BCUT2D eigenvalue weighted by atomic mass is 10.0. The molecule has 0 unspecified atom stereocenters. The van der Waals surface area contributed by atoms with Crippen molar-refractivity contribution in [3.8, 4) is 5.75 Å². The molecule has 6 heteroatoms. The largest absolute Gasteiger partial charge is 0.494 e. The number of nitrogens with two attached hydrogens (primary N) is 1. The molecule has 22 heavy (non-hydrogen) atoms. The minimum absolute atomic E-state index is 0.0198. The quantitative estimate of drug-likeness (QED) is 0.687. The first-order valence-electron chi connectivity index (χ1n) is 7.54. The zero-order valence-corrected chi connectivity index (χ0v) is 13.4. The maximum Gasteiger partial charge on any atom is 0.227 e. The number of anilines is 2. The molecule has 122 valence electrons. The molecule has 1 rings (SSSR count). The summed E-state index contributed by atoms with van der Waals surface area (Å²) in [6.07, 6.45) is 1.84. The predicted molar refractivity (Wildman–Crippen MR) is 88.0 cm³/mol. The van der Waals surface area contributed by atoms with Crippen LogP contribution in [0, 0.1) is 5.92 Å². The first-order valence-corrected chi connectivity index (χ1v) is 7.54. The van der Waals surface area contributed by atoms with Crippen LogP contribution < -0.4 is 21.1 Å². The highest BCUT2D eigenvalue weighted by Crippen LogP contribution is 2.28. The first-order chi connectivity index (χ1) is 10.5. The van der Waals surface area contributed by atoms with Gasteiger partial charge in [0.15, 0.2) is 0 Å². The average molecular weight is 307 g/mol. The van der Waals surface area contributed by atoms with E-state index < -0.39 is 0 Å². The number of hydrogen-bond donors (Lipinski definition) is 3. The van der Waals surface area contributed by atoms with Gasteiger partial charge in [-0.2, -0.15) is 0 Å². The van der Waals surface area contributed by atoms with Crippen molar-refractivity contribution in [2.45, 2.75) is 33.1 Å². The van der Waals surface area contributed by atoms with Gasteiger partial charge in [0.25, 0.3) is 0 Å². The number of rotatable bonds is 8. The fourth-order valence-electron chi connectivity index (χ4n) is 2.12. The van der Waals surface area contributed by atoms with Crippen molar-refractivity contribution in [1.29, 1.82) is 0 Å². The van der Waals surface area contributed by atoms with Crippen LogP contribution in [0.4, 0.5) is 11.4 Å². The van der Waals surface area contributed by atoms with Gasteiger partial charge >= 0.3 is 0 Å². The number of amides is 2. The van der Waals surface area contributed by atoms with Gasteiger partial charge in [0.05, 0.1) is 12.8 Å². The summed E-state index contributed by atoms with van der Waals surface area (Å²) in [5.74, 6) is 0.306. The molecule has 0 aliphatic carbocycles. The predicted octanol–water partition coefficient (Wildman–Crippen LogP) is 2.36. The highest BCUT2D eigenvalue weighted by Gasteiger charge is 2.16. The van der Waals surface area contributed by atoms with E-state index in [1.807, 2.05) is 13.8 Å². The van der Waals surface area contributed by atoms with E-state index in [4.69, 9.17) is 10.5 Å². The summed E-state index contributed by atoms with van der Waals surface area (Å²) in [5, 5.41) is 5.60. The fraction of sp³-hybridized carbons (Fsp3) is 0.500. The molecule has 0 aromatic heterocycles. The normalized spacial score (nSPS) is 10.4. The zero-order chi connectivity index (χ0) is 16.5. The Bertz CT molecular complexity index is 513. The SMILES string of the molecule is CCC(CC)C(=O)Nc1ccc(NC(=O)CCN)cc1OC. The Morgan fingerprint density at radius 1 is 1.23 bits per heavy atom. The van der Waals surface area contributed by atoms with Gasteiger partial charge in [-0.3, -0.25) is 9.59 Å². The molecule has 0 bridgehead atoms. The molecule has 4 N–H and O–H groups in total. The average Bonchev–Trinajstić information content (AvgIpc) is 2.50. The van der Waals surface area contributed by atoms with Crippen molar-refractivity contribution < 1.29 is 14.3 Å². The van der Waals surface area contributed by atoms with Crippen molar-refractivity contribution >= 4 is 23.2 Å². The summed E-state index contributed by atoms with van der Waals surface area (Å²) >= 11 is 0. The molecule has 2 amide bonds. The van der Waals surface area contributed by atoms with E-state index in [1.54, 1.807) is 18.2 Å². The van der Waals surface area contributed by atoms with E-state index in [-0.39, 0.29) is 24.2 Å². The van der Waals surface area contributed by atoms with Crippen molar-refractivity contribution in [2.75, 3.05) is 24.3 Å². The van der Waals surface area contributed by atoms with E-state index in [0.717, 1.165) is 12.8 Å². The maximum absolute atomic E-state index is 12.1. The van der Waals surface area contributed by atoms with Gasteiger partial charge in [0.1, 0.15) is 5.75 Å². The van der Waals surface area contributed by atoms with Gasteiger partial charge in [0.2, 0.25) is 11.8 Å². The Morgan fingerprint density at radius 2 is 1.91 bits per heavy atom. The molecule has 0 heterocycles. The van der Waals surface area contributed by atoms with Gasteiger partial charge in [-0.25, -0.2) is 0 Å². The van der Waals surface area contributed by atoms with Crippen LogP contribution in [0.25, 0.3) is 0 Å². The molecule has 6 nitrogen and oxygen atoms in total. The number of ether oxygens (including phenoxy) is 1. The van der Waals surface area contributed by atoms with Crippen LogP contribution in [0.2, 0.25) is 0 Å². The van der Waals surface area contributed by atoms with E-state index in [2.05, 4.69) is 10.6 Å². The van der Waals surface area contributed by atoms with Gasteiger partial charge in [0, 0.05) is 30.6 Å². The molecule has 0 aliphatic rings. The summed E-state index contributed by atoms with van der Waals surface area (Å²) in [6, 6.07) is 5.12. The second-order valence-electron chi connectivity index (χ2n) is 5.00. The van der Waals surface area contributed by atoms with E-state index in [1.165, 1.54) is 7.11 Å². The topological polar surface area (TPSA) is 93.5 Å². The van der Waals surface area contributed by atoms with Crippen molar-refractivity contribution in [2.24, 2.45) is 11.7 Å². The number of benzene rings is 1. The number of carbonyl (C=O) groups is 2. The Hall–Kier alpha value is -2.08. The summed E-state index contributed by atoms with van der Waals surface area (Å²) in [7, 11) is 1.52. The maximum atomic E-state index is 12.1. The van der Waals surface area contributed by atoms with Gasteiger partial charge in [-0.15, -0.1) is 0 Å². The Labute approximate surface area is 131 Å². The first kappa shape index (κ1) is 18.0.